The second-order valence-corrected chi connectivity index (χ2v) is 5.89. The highest BCUT2D eigenvalue weighted by molar-refractivity contribution is 5.43. The van der Waals surface area contributed by atoms with Crippen molar-refractivity contribution in [1.29, 1.82) is 0 Å². The maximum atomic E-state index is 9.70. The molecule has 1 saturated heterocycles. The molecule has 0 bridgehead atoms. The Bertz CT molecular complexity index is 384. The first-order valence-corrected chi connectivity index (χ1v) is 6.36. The maximum absolute atomic E-state index is 9.70. The van der Waals surface area contributed by atoms with Gasteiger partial charge < -0.3 is 10.0 Å². The monoisotopic (exact) mass is 234 g/mol. The fraction of sp³-hybridized carbons (Fsp3) is 0.643. The van der Waals surface area contributed by atoms with Gasteiger partial charge in [-0.15, -0.1) is 0 Å². The number of rotatable bonds is 1. The second kappa shape index (κ2) is 4.65. The van der Waals surface area contributed by atoms with Gasteiger partial charge in [0.05, 0.1) is 6.10 Å². The van der Waals surface area contributed by atoms with E-state index in [0.29, 0.717) is 6.54 Å². The third kappa shape index (κ3) is 2.97. The third-order valence-corrected chi connectivity index (χ3v) is 3.33. The van der Waals surface area contributed by atoms with Crippen LogP contribution in [0.25, 0.3) is 0 Å². The van der Waals surface area contributed by atoms with Crippen LogP contribution in [0.1, 0.15) is 39.2 Å². The first-order valence-electron chi connectivity index (χ1n) is 6.36. The standard InChI is InChI=1S/C14H22N2O/c1-14(2,3)11-6-7-15-13(9-11)16-8-4-5-12(17)10-16/h6-7,9,12,17H,4-5,8,10H2,1-3H3. The predicted molar refractivity (Wildman–Crippen MR) is 70.4 cm³/mol. The molecule has 1 atom stereocenters. The lowest BCUT2D eigenvalue weighted by Gasteiger charge is -2.32. The third-order valence-electron chi connectivity index (χ3n) is 3.33. The molecule has 1 aromatic heterocycles. The topological polar surface area (TPSA) is 36.4 Å². The van der Waals surface area contributed by atoms with Gasteiger partial charge in [0.15, 0.2) is 0 Å². The van der Waals surface area contributed by atoms with Gasteiger partial charge in [0, 0.05) is 19.3 Å². The second-order valence-electron chi connectivity index (χ2n) is 5.89. The molecule has 0 spiro atoms. The van der Waals surface area contributed by atoms with Crippen LogP contribution in [0.15, 0.2) is 18.3 Å². The Morgan fingerprint density at radius 3 is 2.82 bits per heavy atom. The summed E-state index contributed by atoms with van der Waals surface area (Å²) in [6, 6.07) is 4.22. The van der Waals surface area contributed by atoms with E-state index < -0.39 is 0 Å². The Hall–Kier alpha value is -1.09. The highest BCUT2D eigenvalue weighted by Crippen LogP contribution is 2.26. The molecule has 2 rings (SSSR count). The Kier molecular flexibility index (Phi) is 3.38. The molecule has 1 N–H and O–H groups in total. The van der Waals surface area contributed by atoms with Gasteiger partial charge in [-0.1, -0.05) is 20.8 Å². The van der Waals surface area contributed by atoms with E-state index in [4.69, 9.17) is 0 Å². The zero-order valence-electron chi connectivity index (χ0n) is 11.0. The lowest BCUT2D eigenvalue weighted by Crippen LogP contribution is -2.38. The zero-order chi connectivity index (χ0) is 12.5. The van der Waals surface area contributed by atoms with Crippen LogP contribution in [-0.4, -0.2) is 29.3 Å². The molecule has 0 aliphatic carbocycles. The van der Waals surface area contributed by atoms with Gasteiger partial charge >= 0.3 is 0 Å². The van der Waals surface area contributed by atoms with Crippen LogP contribution in [0.4, 0.5) is 5.82 Å². The molecule has 1 fully saturated rings. The van der Waals surface area contributed by atoms with E-state index in [2.05, 4.69) is 42.8 Å². The van der Waals surface area contributed by atoms with E-state index in [9.17, 15) is 5.11 Å². The lowest BCUT2D eigenvalue weighted by atomic mass is 9.87. The largest absolute Gasteiger partial charge is 0.391 e. The Balaban J connectivity index is 2.21. The summed E-state index contributed by atoms with van der Waals surface area (Å²) < 4.78 is 0. The molecule has 0 radical (unpaired) electrons. The smallest absolute Gasteiger partial charge is 0.128 e. The maximum Gasteiger partial charge on any atom is 0.128 e. The molecule has 1 aromatic rings. The summed E-state index contributed by atoms with van der Waals surface area (Å²) >= 11 is 0. The Labute approximate surface area is 103 Å². The molecule has 3 nitrogen and oxygen atoms in total. The number of aromatic nitrogens is 1. The van der Waals surface area contributed by atoms with Crippen molar-refractivity contribution >= 4 is 5.82 Å². The first-order chi connectivity index (χ1) is 7.97. The van der Waals surface area contributed by atoms with Gasteiger partial charge in [0.25, 0.3) is 0 Å². The van der Waals surface area contributed by atoms with E-state index in [1.54, 1.807) is 0 Å². The SMILES string of the molecule is CC(C)(C)c1ccnc(N2CCCC(O)C2)c1. The lowest BCUT2D eigenvalue weighted by molar-refractivity contribution is 0.154. The van der Waals surface area contributed by atoms with E-state index in [-0.39, 0.29) is 11.5 Å². The number of β-amino-alcohol motifs (C(OH)–C–C–N with tert-alkyl or cyclic N) is 1. The van der Waals surface area contributed by atoms with Crippen molar-refractivity contribution in [2.75, 3.05) is 18.0 Å². The number of hydrogen-bond donors (Lipinski definition) is 1. The molecule has 1 unspecified atom stereocenters. The molecule has 3 heteroatoms. The number of anilines is 1. The molecule has 0 amide bonds. The molecule has 1 aliphatic heterocycles. The molecule has 2 heterocycles. The fourth-order valence-electron chi connectivity index (χ4n) is 2.22. The first kappa shape index (κ1) is 12.4. The number of nitrogens with zero attached hydrogens (tertiary/aromatic N) is 2. The quantitative estimate of drug-likeness (QED) is 0.810. The van der Waals surface area contributed by atoms with Crippen molar-refractivity contribution < 1.29 is 5.11 Å². The van der Waals surface area contributed by atoms with Crippen LogP contribution in [0, 0.1) is 0 Å². The minimum absolute atomic E-state index is 0.145. The van der Waals surface area contributed by atoms with E-state index in [0.717, 1.165) is 25.2 Å². The molecule has 94 valence electrons. The van der Waals surface area contributed by atoms with Gasteiger partial charge in [-0.05, 0) is 36.0 Å². The van der Waals surface area contributed by atoms with Crippen molar-refractivity contribution in [3.63, 3.8) is 0 Å². The average Bonchev–Trinajstić information content (AvgIpc) is 2.28. The van der Waals surface area contributed by atoms with Crippen LogP contribution in [-0.2, 0) is 5.41 Å². The van der Waals surface area contributed by atoms with Crippen molar-refractivity contribution in [3.05, 3.63) is 23.9 Å². The summed E-state index contributed by atoms with van der Waals surface area (Å²) in [6.07, 6.45) is 3.62. The zero-order valence-corrected chi connectivity index (χ0v) is 11.0. The summed E-state index contributed by atoms with van der Waals surface area (Å²) in [5.41, 5.74) is 1.44. The Morgan fingerprint density at radius 1 is 1.41 bits per heavy atom. The minimum Gasteiger partial charge on any atom is -0.391 e. The highest BCUT2D eigenvalue weighted by Gasteiger charge is 2.20. The van der Waals surface area contributed by atoms with Crippen molar-refractivity contribution in [1.82, 2.24) is 4.98 Å². The van der Waals surface area contributed by atoms with Gasteiger partial charge in [-0.3, -0.25) is 0 Å². The van der Waals surface area contributed by atoms with Crippen molar-refractivity contribution in [2.24, 2.45) is 0 Å². The highest BCUT2D eigenvalue weighted by atomic mass is 16.3. The summed E-state index contributed by atoms with van der Waals surface area (Å²) in [7, 11) is 0. The number of aliphatic hydroxyl groups is 1. The van der Waals surface area contributed by atoms with Crippen LogP contribution in [0.5, 0.6) is 0 Å². The fourth-order valence-corrected chi connectivity index (χ4v) is 2.22. The summed E-state index contributed by atoms with van der Waals surface area (Å²) in [5.74, 6) is 0.996. The van der Waals surface area contributed by atoms with Gasteiger partial charge in [-0.2, -0.15) is 0 Å². The Morgan fingerprint density at radius 2 is 2.18 bits per heavy atom. The van der Waals surface area contributed by atoms with Gasteiger partial charge in [-0.25, -0.2) is 4.98 Å². The molecule has 17 heavy (non-hydrogen) atoms. The summed E-state index contributed by atoms with van der Waals surface area (Å²) in [4.78, 5) is 6.61. The minimum atomic E-state index is -0.205. The summed E-state index contributed by atoms with van der Waals surface area (Å²) in [5, 5.41) is 9.70. The van der Waals surface area contributed by atoms with Gasteiger partial charge in [0.1, 0.15) is 5.82 Å². The number of hydrogen-bond acceptors (Lipinski definition) is 3. The molecule has 1 aliphatic rings. The average molecular weight is 234 g/mol. The van der Waals surface area contributed by atoms with E-state index in [1.165, 1.54) is 5.56 Å². The van der Waals surface area contributed by atoms with Crippen LogP contribution in [0.2, 0.25) is 0 Å². The molecular formula is C14H22N2O. The van der Waals surface area contributed by atoms with Crippen LogP contribution < -0.4 is 4.90 Å². The molecule has 0 aromatic carbocycles. The van der Waals surface area contributed by atoms with E-state index >= 15 is 0 Å². The summed E-state index contributed by atoms with van der Waals surface area (Å²) in [6.45, 7) is 8.32. The molecular weight excluding hydrogens is 212 g/mol. The predicted octanol–water partition coefficient (Wildman–Crippen LogP) is 2.34. The van der Waals surface area contributed by atoms with Gasteiger partial charge in [0.2, 0.25) is 0 Å². The van der Waals surface area contributed by atoms with Crippen LogP contribution in [0.3, 0.4) is 0 Å². The number of aliphatic hydroxyl groups excluding tert-OH is 1. The van der Waals surface area contributed by atoms with Crippen LogP contribution >= 0.6 is 0 Å². The molecule has 0 saturated carbocycles. The number of piperidine rings is 1. The van der Waals surface area contributed by atoms with E-state index in [1.807, 2.05) is 6.20 Å². The number of pyridine rings is 1. The van der Waals surface area contributed by atoms with Crippen molar-refractivity contribution in [3.8, 4) is 0 Å². The normalized spacial score (nSPS) is 21.6. The van der Waals surface area contributed by atoms with Crippen molar-refractivity contribution in [2.45, 2.75) is 45.1 Å².